The average molecular weight is 273 g/mol. The Kier molecular flexibility index (Phi) is 4.50. The van der Waals surface area contributed by atoms with Gasteiger partial charge >= 0.3 is 0 Å². The van der Waals surface area contributed by atoms with Gasteiger partial charge in [-0.1, -0.05) is 26.0 Å². The second-order valence-corrected chi connectivity index (χ2v) is 5.25. The van der Waals surface area contributed by atoms with Crippen LogP contribution in [0.1, 0.15) is 26.7 Å². The summed E-state index contributed by atoms with van der Waals surface area (Å²) in [7, 11) is 0. The summed E-state index contributed by atoms with van der Waals surface area (Å²) in [5.74, 6) is 0.687. The Morgan fingerprint density at radius 3 is 2.85 bits per heavy atom. The third-order valence-electron chi connectivity index (χ3n) is 3.22. The summed E-state index contributed by atoms with van der Waals surface area (Å²) in [6.45, 7) is 5.26. The van der Waals surface area contributed by atoms with Gasteiger partial charge in [0.15, 0.2) is 0 Å². The number of nitrogens with zero attached hydrogens (tertiary/aromatic N) is 2. The lowest BCUT2D eigenvalue weighted by atomic mass is 10.1. The molecule has 0 saturated heterocycles. The van der Waals surface area contributed by atoms with Crippen LogP contribution < -0.4 is 5.32 Å². The molecule has 1 N–H and O–H groups in total. The van der Waals surface area contributed by atoms with Crippen molar-refractivity contribution in [2.24, 2.45) is 5.92 Å². The van der Waals surface area contributed by atoms with Gasteiger partial charge in [0, 0.05) is 29.9 Å². The summed E-state index contributed by atoms with van der Waals surface area (Å²) in [6, 6.07) is 6.90. The lowest BCUT2D eigenvalue weighted by molar-refractivity contribution is -0.383. The van der Waals surface area contributed by atoms with Crippen molar-refractivity contribution in [1.82, 2.24) is 4.98 Å². The standard InChI is InChI=1S/C15H19N3O2/c1-11(2)5-4-9-16-13-8-10-17-15-12(13)6-3-7-14(15)18(19)20/h3,6-8,10-11H,4-5,9H2,1-2H3,(H,16,17). The third-order valence-corrected chi connectivity index (χ3v) is 3.22. The number of rotatable bonds is 6. The van der Waals surface area contributed by atoms with Crippen LogP contribution in [0.25, 0.3) is 10.9 Å². The van der Waals surface area contributed by atoms with E-state index in [2.05, 4.69) is 24.1 Å². The maximum atomic E-state index is 11.0. The highest BCUT2D eigenvalue weighted by Crippen LogP contribution is 2.28. The van der Waals surface area contributed by atoms with Crippen LogP contribution in [0.5, 0.6) is 0 Å². The fourth-order valence-electron chi connectivity index (χ4n) is 2.20. The van der Waals surface area contributed by atoms with Crippen LogP contribution in [0.3, 0.4) is 0 Å². The zero-order valence-electron chi connectivity index (χ0n) is 11.8. The molecule has 0 aliphatic carbocycles. The normalized spacial score (nSPS) is 10.9. The molecule has 1 heterocycles. The maximum Gasteiger partial charge on any atom is 0.295 e. The molecule has 2 aromatic rings. The van der Waals surface area contributed by atoms with E-state index in [1.165, 1.54) is 6.07 Å². The molecule has 20 heavy (non-hydrogen) atoms. The van der Waals surface area contributed by atoms with Crippen LogP contribution in [0.4, 0.5) is 11.4 Å². The van der Waals surface area contributed by atoms with Crippen molar-refractivity contribution in [3.05, 3.63) is 40.6 Å². The number of nitro groups is 1. The molecule has 5 nitrogen and oxygen atoms in total. The van der Waals surface area contributed by atoms with E-state index in [0.717, 1.165) is 30.5 Å². The van der Waals surface area contributed by atoms with Gasteiger partial charge in [0.25, 0.3) is 5.69 Å². The lowest BCUT2D eigenvalue weighted by Gasteiger charge is -2.10. The summed E-state index contributed by atoms with van der Waals surface area (Å²) in [6.07, 6.45) is 3.85. The fourth-order valence-corrected chi connectivity index (χ4v) is 2.20. The molecule has 1 aromatic carbocycles. The van der Waals surface area contributed by atoms with E-state index in [4.69, 9.17) is 0 Å². The van der Waals surface area contributed by atoms with Crippen molar-refractivity contribution in [1.29, 1.82) is 0 Å². The Morgan fingerprint density at radius 2 is 2.15 bits per heavy atom. The minimum Gasteiger partial charge on any atom is -0.384 e. The van der Waals surface area contributed by atoms with Gasteiger partial charge in [0.05, 0.1) is 4.92 Å². The summed E-state index contributed by atoms with van der Waals surface area (Å²) in [4.78, 5) is 14.8. The van der Waals surface area contributed by atoms with Crippen LogP contribution >= 0.6 is 0 Å². The van der Waals surface area contributed by atoms with Crippen LogP contribution in [0, 0.1) is 16.0 Å². The number of benzene rings is 1. The smallest absolute Gasteiger partial charge is 0.295 e. The Hall–Kier alpha value is -2.17. The number of nitrogens with one attached hydrogen (secondary N) is 1. The predicted molar refractivity (Wildman–Crippen MR) is 81.0 cm³/mol. The van der Waals surface area contributed by atoms with E-state index in [1.807, 2.05) is 12.1 Å². The van der Waals surface area contributed by atoms with E-state index in [9.17, 15) is 10.1 Å². The molecule has 2 rings (SSSR count). The van der Waals surface area contributed by atoms with E-state index in [1.54, 1.807) is 12.3 Å². The molecule has 0 aliphatic rings. The third kappa shape index (κ3) is 3.23. The van der Waals surface area contributed by atoms with Gasteiger partial charge in [0.2, 0.25) is 0 Å². The first-order valence-corrected chi connectivity index (χ1v) is 6.85. The van der Waals surface area contributed by atoms with E-state index in [0.29, 0.717) is 11.4 Å². The number of non-ortho nitro benzene ring substituents is 1. The molecule has 0 unspecified atom stereocenters. The largest absolute Gasteiger partial charge is 0.384 e. The molecular weight excluding hydrogens is 254 g/mol. The number of aromatic nitrogens is 1. The maximum absolute atomic E-state index is 11.0. The van der Waals surface area contributed by atoms with Crippen molar-refractivity contribution in [3.63, 3.8) is 0 Å². The Morgan fingerprint density at radius 1 is 1.35 bits per heavy atom. The number of nitro benzene ring substituents is 1. The highest BCUT2D eigenvalue weighted by Gasteiger charge is 2.13. The molecule has 5 heteroatoms. The van der Waals surface area contributed by atoms with Gasteiger partial charge in [-0.15, -0.1) is 0 Å². The minimum atomic E-state index is -0.391. The van der Waals surface area contributed by atoms with Crippen molar-refractivity contribution in [2.75, 3.05) is 11.9 Å². The number of hydrogen-bond donors (Lipinski definition) is 1. The van der Waals surface area contributed by atoms with Crippen molar-refractivity contribution < 1.29 is 4.92 Å². The zero-order chi connectivity index (χ0) is 14.5. The van der Waals surface area contributed by atoms with Crippen molar-refractivity contribution in [2.45, 2.75) is 26.7 Å². The molecule has 0 atom stereocenters. The quantitative estimate of drug-likeness (QED) is 0.491. The molecule has 106 valence electrons. The number of para-hydroxylation sites is 1. The summed E-state index contributed by atoms with van der Waals surface area (Å²) in [5, 5.41) is 15.2. The van der Waals surface area contributed by atoms with Gasteiger partial charge in [-0.3, -0.25) is 10.1 Å². The Bertz CT molecular complexity index is 611. The lowest BCUT2D eigenvalue weighted by Crippen LogP contribution is -2.04. The van der Waals surface area contributed by atoms with E-state index >= 15 is 0 Å². The molecule has 0 bridgehead atoms. The number of hydrogen-bond acceptors (Lipinski definition) is 4. The minimum absolute atomic E-state index is 0.0494. The molecule has 0 radical (unpaired) electrons. The summed E-state index contributed by atoms with van der Waals surface area (Å²) >= 11 is 0. The van der Waals surface area contributed by atoms with Gasteiger partial charge < -0.3 is 5.32 Å². The van der Waals surface area contributed by atoms with Crippen LogP contribution in [-0.4, -0.2) is 16.5 Å². The first-order chi connectivity index (χ1) is 9.59. The highest BCUT2D eigenvalue weighted by molar-refractivity contribution is 5.96. The molecule has 0 spiro atoms. The van der Waals surface area contributed by atoms with Crippen molar-refractivity contribution >= 4 is 22.3 Å². The topological polar surface area (TPSA) is 68.1 Å². The van der Waals surface area contributed by atoms with Crippen molar-refractivity contribution in [3.8, 4) is 0 Å². The molecule has 0 fully saturated rings. The summed E-state index contributed by atoms with van der Waals surface area (Å²) in [5.41, 5.74) is 1.39. The SMILES string of the molecule is CC(C)CCCNc1ccnc2c([N+](=O)[O-])cccc12. The second kappa shape index (κ2) is 6.32. The zero-order valence-corrected chi connectivity index (χ0v) is 11.8. The average Bonchev–Trinajstić information content (AvgIpc) is 2.42. The first kappa shape index (κ1) is 14.2. The Labute approximate surface area is 118 Å². The molecular formula is C15H19N3O2. The molecule has 0 saturated carbocycles. The molecule has 1 aromatic heterocycles. The molecule has 0 amide bonds. The number of anilines is 1. The van der Waals surface area contributed by atoms with Gasteiger partial charge in [-0.2, -0.15) is 0 Å². The Balaban J connectivity index is 2.22. The van der Waals surface area contributed by atoms with E-state index < -0.39 is 4.92 Å². The van der Waals surface area contributed by atoms with E-state index in [-0.39, 0.29) is 5.69 Å². The van der Waals surface area contributed by atoms with Crippen LogP contribution in [0.2, 0.25) is 0 Å². The molecule has 0 aliphatic heterocycles. The highest BCUT2D eigenvalue weighted by atomic mass is 16.6. The number of pyridine rings is 1. The second-order valence-electron chi connectivity index (χ2n) is 5.25. The number of fused-ring (bicyclic) bond motifs is 1. The van der Waals surface area contributed by atoms with Crippen LogP contribution in [-0.2, 0) is 0 Å². The predicted octanol–water partition coefficient (Wildman–Crippen LogP) is 3.99. The first-order valence-electron chi connectivity index (χ1n) is 6.85. The van der Waals surface area contributed by atoms with Crippen LogP contribution in [0.15, 0.2) is 30.5 Å². The monoisotopic (exact) mass is 273 g/mol. The van der Waals surface area contributed by atoms with Gasteiger partial charge in [-0.05, 0) is 24.8 Å². The van der Waals surface area contributed by atoms with Gasteiger partial charge in [0.1, 0.15) is 5.52 Å². The summed E-state index contributed by atoms with van der Waals surface area (Å²) < 4.78 is 0. The van der Waals surface area contributed by atoms with Gasteiger partial charge in [-0.25, -0.2) is 4.98 Å². The fraction of sp³-hybridized carbons (Fsp3) is 0.400.